The molecule has 0 unspecified atom stereocenters. The first-order valence-corrected chi connectivity index (χ1v) is 16.8. The molecule has 2 amide bonds. The van der Waals surface area contributed by atoms with Crippen molar-refractivity contribution in [2.75, 3.05) is 39.4 Å². The predicted molar refractivity (Wildman–Crippen MR) is 190 cm³/mol. The highest BCUT2D eigenvalue weighted by molar-refractivity contribution is 5.72. The second-order valence-electron chi connectivity index (χ2n) is 12.2. The fourth-order valence-corrected chi connectivity index (χ4v) is 5.61. The summed E-state index contributed by atoms with van der Waals surface area (Å²) in [4.78, 5) is 26.5. The molecule has 2 aliphatic rings. The maximum absolute atomic E-state index is 11.8. The van der Waals surface area contributed by atoms with Gasteiger partial charge in [-0.25, -0.2) is 9.59 Å². The summed E-state index contributed by atoms with van der Waals surface area (Å²) in [6.07, 6.45) is 2.28. The highest BCUT2D eigenvalue weighted by Gasteiger charge is 2.31. The molecular weight excluding hydrogens is 636 g/mol. The van der Waals surface area contributed by atoms with Crippen LogP contribution in [0.5, 0.6) is 23.0 Å². The number of amides is 2. The molecule has 0 atom stereocenters. The smallest absolute Gasteiger partial charge is 0.410 e. The molecular formula is C40H44N2O8. The molecule has 262 valence electrons. The van der Waals surface area contributed by atoms with Gasteiger partial charge in [-0.05, 0) is 78.3 Å². The van der Waals surface area contributed by atoms with E-state index in [-0.39, 0.29) is 23.7 Å². The summed E-state index contributed by atoms with van der Waals surface area (Å²) in [7, 11) is 0. The Hall–Kier alpha value is -5.64. The topological polar surface area (TPSA) is 118 Å². The van der Waals surface area contributed by atoms with Crippen molar-refractivity contribution in [1.82, 2.24) is 9.80 Å². The van der Waals surface area contributed by atoms with Crippen molar-refractivity contribution in [2.24, 2.45) is 5.92 Å². The van der Waals surface area contributed by atoms with E-state index in [9.17, 15) is 19.8 Å². The Balaban J connectivity index is 0.000000228. The number of nitrogens with zero attached hydrogens (tertiary/aromatic N) is 2. The van der Waals surface area contributed by atoms with Crippen molar-refractivity contribution in [3.8, 4) is 23.0 Å². The second kappa shape index (κ2) is 17.7. The van der Waals surface area contributed by atoms with Crippen molar-refractivity contribution >= 4 is 18.3 Å². The second-order valence-corrected chi connectivity index (χ2v) is 12.2. The van der Waals surface area contributed by atoms with Crippen LogP contribution < -0.4 is 9.47 Å². The lowest BCUT2D eigenvalue weighted by molar-refractivity contribution is 0.0570. The van der Waals surface area contributed by atoms with Crippen molar-refractivity contribution in [3.63, 3.8) is 0 Å². The molecule has 0 spiro atoms. The van der Waals surface area contributed by atoms with Gasteiger partial charge in [-0.3, -0.25) is 0 Å². The van der Waals surface area contributed by atoms with Gasteiger partial charge in [0.05, 0.1) is 13.2 Å². The maximum Gasteiger partial charge on any atom is 0.410 e. The molecule has 2 saturated heterocycles. The molecule has 10 heteroatoms. The van der Waals surface area contributed by atoms with E-state index in [2.05, 4.69) is 6.08 Å². The minimum absolute atomic E-state index is 0.0616. The third-order valence-corrected chi connectivity index (χ3v) is 8.05. The van der Waals surface area contributed by atoms with Gasteiger partial charge < -0.3 is 39.0 Å². The molecule has 50 heavy (non-hydrogen) atoms. The van der Waals surface area contributed by atoms with Crippen LogP contribution in [0, 0.1) is 5.92 Å². The number of carbonyl (C=O) groups excluding carboxylic acids is 2. The number of likely N-dealkylation sites (tertiary alicyclic amines) is 2. The van der Waals surface area contributed by atoms with Gasteiger partial charge in [-0.15, -0.1) is 0 Å². The molecule has 10 nitrogen and oxygen atoms in total. The average molecular weight is 681 g/mol. The summed E-state index contributed by atoms with van der Waals surface area (Å²) in [5.41, 5.74) is 5.23. The van der Waals surface area contributed by atoms with Crippen LogP contribution in [0.3, 0.4) is 0 Å². The van der Waals surface area contributed by atoms with Crippen LogP contribution in [0.2, 0.25) is 0 Å². The molecule has 2 aliphatic heterocycles. The number of ether oxygens (including phenoxy) is 4. The Morgan fingerprint density at radius 1 is 0.680 bits per heavy atom. The van der Waals surface area contributed by atoms with Crippen molar-refractivity contribution in [2.45, 2.75) is 33.5 Å². The standard InChI is InChI=1S/C27H27NO4.C13H17NO4/c1-2-30-27(29)28-17-24(18-28)13-23-14-25(31-19-21-9-5-3-6-10-21)16-26(15-23)32-20-22-11-7-4-8-12-22;1-2-18-13(17)14-7-10(8-14)3-9-4-11(15)6-12(16)5-9/h3-16H,2,17-20H2,1H3;4-6,10,15-16H,2-3,7-8H2,1H3. The Labute approximate surface area is 293 Å². The number of benzene rings is 4. The van der Waals surface area contributed by atoms with E-state index >= 15 is 0 Å². The SMILES string of the molecule is CCOC(=O)N1CC(=Cc2cc(OCc3ccccc3)cc(OCc3ccccc3)c2)C1.CCOC(=O)N1CC(Cc2cc(O)cc(O)c2)C1. The van der Waals surface area contributed by atoms with E-state index in [0.717, 1.165) is 45.7 Å². The van der Waals surface area contributed by atoms with E-state index < -0.39 is 0 Å². The van der Waals surface area contributed by atoms with Gasteiger partial charge in [0.15, 0.2) is 0 Å². The molecule has 4 aromatic rings. The molecule has 6 rings (SSSR count). The zero-order valence-electron chi connectivity index (χ0n) is 28.5. The minimum Gasteiger partial charge on any atom is -0.508 e. The van der Waals surface area contributed by atoms with Gasteiger partial charge in [0.2, 0.25) is 0 Å². The summed E-state index contributed by atoms with van der Waals surface area (Å²) in [6.45, 7) is 7.81. The Kier molecular flexibility index (Phi) is 12.6. The van der Waals surface area contributed by atoms with Crippen LogP contribution >= 0.6 is 0 Å². The van der Waals surface area contributed by atoms with Crippen LogP contribution in [0.15, 0.2) is 103 Å². The van der Waals surface area contributed by atoms with Crippen LogP contribution in [-0.4, -0.2) is 71.6 Å². The number of hydrogen-bond acceptors (Lipinski definition) is 8. The fraction of sp³-hybridized carbons (Fsp3) is 0.300. The number of aromatic hydroxyl groups is 2. The summed E-state index contributed by atoms with van der Waals surface area (Å²) in [5, 5.41) is 18.7. The molecule has 2 heterocycles. The van der Waals surface area contributed by atoms with E-state index in [1.165, 1.54) is 6.07 Å². The van der Waals surface area contributed by atoms with Crippen LogP contribution in [0.1, 0.15) is 36.1 Å². The van der Waals surface area contributed by atoms with Crippen LogP contribution in [0.25, 0.3) is 6.08 Å². The zero-order chi connectivity index (χ0) is 35.3. The number of phenols is 2. The highest BCUT2D eigenvalue weighted by atomic mass is 16.6. The average Bonchev–Trinajstić information content (AvgIpc) is 3.07. The van der Waals surface area contributed by atoms with Gasteiger partial charge in [0.1, 0.15) is 36.2 Å². The lowest BCUT2D eigenvalue weighted by Crippen LogP contribution is -2.50. The summed E-state index contributed by atoms with van der Waals surface area (Å²) in [5.74, 6) is 1.97. The molecule has 0 aromatic heterocycles. The van der Waals surface area contributed by atoms with Crippen molar-refractivity contribution in [1.29, 1.82) is 0 Å². The molecule has 2 N–H and O–H groups in total. The molecule has 0 saturated carbocycles. The summed E-state index contributed by atoms with van der Waals surface area (Å²) < 4.78 is 22.1. The van der Waals surface area contributed by atoms with E-state index in [1.807, 2.05) is 85.8 Å². The molecule has 2 fully saturated rings. The van der Waals surface area contributed by atoms with Gasteiger partial charge in [0, 0.05) is 38.3 Å². The lowest BCUT2D eigenvalue weighted by Gasteiger charge is -2.38. The van der Waals surface area contributed by atoms with Gasteiger partial charge >= 0.3 is 12.2 Å². The first-order chi connectivity index (χ1) is 24.3. The molecule has 4 aromatic carbocycles. The number of hydrogen-bond donors (Lipinski definition) is 2. The number of carbonyl (C=O) groups is 2. The predicted octanol–water partition coefficient (Wildman–Crippen LogP) is 7.43. The van der Waals surface area contributed by atoms with Gasteiger partial charge in [-0.2, -0.15) is 0 Å². The minimum atomic E-state index is -0.271. The monoisotopic (exact) mass is 680 g/mol. The maximum atomic E-state index is 11.8. The van der Waals surface area contributed by atoms with Gasteiger partial charge in [0.25, 0.3) is 0 Å². The largest absolute Gasteiger partial charge is 0.508 e. The van der Waals surface area contributed by atoms with Crippen molar-refractivity contribution in [3.05, 3.63) is 125 Å². The molecule has 0 bridgehead atoms. The van der Waals surface area contributed by atoms with Gasteiger partial charge in [-0.1, -0.05) is 66.7 Å². The summed E-state index contributed by atoms with van der Waals surface area (Å²) in [6, 6.07) is 30.6. The number of phenolic OH excluding ortho intramolecular Hbond substituents is 2. The highest BCUT2D eigenvalue weighted by Crippen LogP contribution is 2.29. The Morgan fingerprint density at radius 2 is 1.18 bits per heavy atom. The van der Waals surface area contributed by atoms with Crippen LogP contribution in [-0.2, 0) is 29.1 Å². The van der Waals surface area contributed by atoms with E-state index in [1.54, 1.807) is 28.9 Å². The first-order valence-electron chi connectivity index (χ1n) is 16.8. The quantitative estimate of drug-likeness (QED) is 0.168. The van der Waals surface area contributed by atoms with Crippen molar-refractivity contribution < 1.29 is 38.7 Å². The molecule has 0 radical (unpaired) electrons. The summed E-state index contributed by atoms with van der Waals surface area (Å²) >= 11 is 0. The van der Waals surface area contributed by atoms with E-state index in [0.29, 0.717) is 58.5 Å². The fourth-order valence-electron chi connectivity index (χ4n) is 5.61. The zero-order valence-corrected chi connectivity index (χ0v) is 28.5. The lowest BCUT2D eigenvalue weighted by atomic mass is 9.92. The Morgan fingerprint density at radius 3 is 1.68 bits per heavy atom. The van der Waals surface area contributed by atoms with E-state index in [4.69, 9.17) is 18.9 Å². The third kappa shape index (κ3) is 10.7. The molecule has 0 aliphatic carbocycles. The third-order valence-electron chi connectivity index (χ3n) is 8.05. The number of rotatable bonds is 11. The first kappa shape index (κ1) is 35.7. The normalized spacial score (nSPS) is 13.6. The van der Waals surface area contributed by atoms with Crippen LogP contribution in [0.4, 0.5) is 9.59 Å². The Bertz CT molecular complexity index is 1650.